The van der Waals surface area contributed by atoms with E-state index >= 15 is 0 Å². The molecule has 5 nitrogen and oxygen atoms in total. The van der Waals surface area contributed by atoms with Crippen molar-refractivity contribution in [3.63, 3.8) is 0 Å². The zero-order valence-electron chi connectivity index (χ0n) is 17.2. The Morgan fingerprint density at radius 3 is 2.45 bits per heavy atom. The number of benzene rings is 3. The predicted molar refractivity (Wildman–Crippen MR) is 138 cm³/mol. The quantitative estimate of drug-likeness (QED) is 0.266. The van der Waals surface area contributed by atoms with E-state index in [1.807, 2.05) is 31.2 Å². The third kappa shape index (κ3) is 5.26. The molecule has 33 heavy (non-hydrogen) atoms. The summed E-state index contributed by atoms with van der Waals surface area (Å²) in [6.07, 6.45) is 0. The van der Waals surface area contributed by atoms with Crippen LogP contribution in [0.4, 0.5) is 5.69 Å². The maximum absolute atomic E-state index is 12.7. The Labute approximate surface area is 215 Å². The standard InChI is InChI=1S/C23H16Cl4N4OS/c1-13-3-2-4-16(9-13)31-22(17-7-5-14(24)10-19(17)26)29-30(23(31)33)12-21(32)28-15-6-8-18(25)20(27)11-15/h2-11H,12H2,1H3,(H,28,32). The molecule has 0 fully saturated rings. The van der Waals surface area contributed by atoms with Crippen LogP contribution in [0, 0.1) is 11.7 Å². The second-order valence-electron chi connectivity index (χ2n) is 7.24. The first-order chi connectivity index (χ1) is 15.7. The lowest BCUT2D eigenvalue weighted by atomic mass is 10.2. The minimum atomic E-state index is -0.327. The SMILES string of the molecule is Cc1cccc(-n2c(-c3ccc(Cl)cc3Cl)nn(CC(=O)Nc3ccc(Cl)c(Cl)c3)c2=S)c1. The molecule has 0 unspecified atom stereocenters. The van der Waals surface area contributed by atoms with E-state index in [1.165, 1.54) is 4.68 Å². The first-order valence-electron chi connectivity index (χ1n) is 9.70. The highest BCUT2D eigenvalue weighted by atomic mass is 35.5. The summed E-state index contributed by atoms with van der Waals surface area (Å²) < 4.78 is 3.57. The molecule has 1 amide bonds. The van der Waals surface area contributed by atoms with Crippen LogP contribution in [-0.4, -0.2) is 20.3 Å². The van der Waals surface area contributed by atoms with Crippen LogP contribution in [0.3, 0.4) is 0 Å². The Kier molecular flexibility index (Phi) is 7.12. The number of hydrogen-bond donors (Lipinski definition) is 1. The van der Waals surface area contributed by atoms with Crippen molar-refractivity contribution in [3.05, 3.63) is 91.1 Å². The highest BCUT2D eigenvalue weighted by molar-refractivity contribution is 7.71. The van der Waals surface area contributed by atoms with Gasteiger partial charge in [-0.05, 0) is 73.2 Å². The molecular formula is C23H16Cl4N4OS. The summed E-state index contributed by atoms with van der Waals surface area (Å²) >= 11 is 30.2. The van der Waals surface area contributed by atoms with Crippen LogP contribution in [0.1, 0.15) is 5.56 Å². The molecule has 0 saturated heterocycles. The van der Waals surface area contributed by atoms with Gasteiger partial charge in [0, 0.05) is 16.3 Å². The van der Waals surface area contributed by atoms with Gasteiger partial charge in [0.2, 0.25) is 10.7 Å². The monoisotopic (exact) mass is 536 g/mol. The molecule has 4 rings (SSSR count). The summed E-state index contributed by atoms with van der Waals surface area (Å²) in [4.78, 5) is 12.7. The van der Waals surface area contributed by atoms with Crippen molar-refractivity contribution in [3.8, 4) is 17.1 Å². The van der Waals surface area contributed by atoms with Gasteiger partial charge in [0.05, 0.1) is 20.8 Å². The van der Waals surface area contributed by atoms with E-state index in [0.717, 1.165) is 11.3 Å². The van der Waals surface area contributed by atoms with Crippen molar-refractivity contribution in [1.82, 2.24) is 14.3 Å². The van der Waals surface area contributed by atoms with E-state index in [0.29, 0.717) is 41.9 Å². The van der Waals surface area contributed by atoms with E-state index < -0.39 is 0 Å². The molecule has 0 aliphatic rings. The molecule has 10 heteroatoms. The lowest BCUT2D eigenvalue weighted by Gasteiger charge is -2.09. The number of carbonyl (C=O) groups excluding carboxylic acids is 1. The lowest BCUT2D eigenvalue weighted by molar-refractivity contribution is -0.116. The van der Waals surface area contributed by atoms with Gasteiger partial charge in [-0.1, -0.05) is 58.5 Å². The normalized spacial score (nSPS) is 10.9. The largest absolute Gasteiger partial charge is 0.324 e. The minimum absolute atomic E-state index is 0.115. The van der Waals surface area contributed by atoms with E-state index in [1.54, 1.807) is 41.0 Å². The van der Waals surface area contributed by atoms with Crippen LogP contribution in [0.2, 0.25) is 20.1 Å². The van der Waals surface area contributed by atoms with Crippen molar-refractivity contribution >= 4 is 70.2 Å². The molecule has 4 aromatic rings. The molecule has 0 atom stereocenters. The van der Waals surface area contributed by atoms with Crippen molar-refractivity contribution < 1.29 is 4.79 Å². The summed E-state index contributed by atoms with van der Waals surface area (Å²) in [5, 5.41) is 9.08. The number of carbonyl (C=O) groups is 1. The molecule has 0 aliphatic carbocycles. The molecule has 0 radical (unpaired) electrons. The van der Waals surface area contributed by atoms with E-state index in [2.05, 4.69) is 10.4 Å². The zero-order valence-corrected chi connectivity index (χ0v) is 21.0. The molecule has 0 aliphatic heterocycles. The van der Waals surface area contributed by atoms with Crippen molar-refractivity contribution in [1.29, 1.82) is 0 Å². The van der Waals surface area contributed by atoms with Crippen molar-refractivity contribution in [2.24, 2.45) is 0 Å². The molecule has 0 bridgehead atoms. The average molecular weight is 538 g/mol. The molecule has 168 valence electrons. The van der Waals surface area contributed by atoms with Gasteiger partial charge in [-0.15, -0.1) is 0 Å². The number of nitrogens with one attached hydrogen (secondary N) is 1. The van der Waals surface area contributed by atoms with Gasteiger partial charge in [0.25, 0.3) is 0 Å². The molecule has 0 saturated carbocycles. The minimum Gasteiger partial charge on any atom is -0.324 e. The smallest absolute Gasteiger partial charge is 0.246 e. The van der Waals surface area contributed by atoms with Crippen LogP contribution in [-0.2, 0) is 11.3 Å². The lowest BCUT2D eigenvalue weighted by Crippen LogP contribution is -2.19. The molecule has 1 aromatic heterocycles. The zero-order chi connectivity index (χ0) is 23.7. The Morgan fingerprint density at radius 1 is 0.970 bits per heavy atom. The van der Waals surface area contributed by atoms with Crippen LogP contribution < -0.4 is 5.32 Å². The van der Waals surface area contributed by atoms with Gasteiger partial charge in [-0.25, -0.2) is 4.68 Å². The number of nitrogens with zero attached hydrogens (tertiary/aromatic N) is 3. The number of anilines is 1. The molecule has 1 N–H and O–H groups in total. The van der Waals surface area contributed by atoms with Gasteiger partial charge in [-0.2, -0.15) is 5.10 Å². The number of rotatable bonds is 5. The van der Waals surface area contributed by atoms with Crippen LogP contribution in [0.5, 0.6) is 0 Å². The van der Waals surface area contributed by atoms with Crippen LogP contribution in [0.15, 0.2) is 60.7 Å². The Hall–Kier alpha value is -2.35. The van der Waals surface area contributed by atoms with E-state index in [9.17, 15) is 4.79 Å². The highest BCUT2D eigenvalue weighted by Crippen LogP contribution is 2.31. The summed E-state index contributed by atoms with van der Waals surface area (Å²) in [5.41, 5.74) is 3.00. The average Bonchev–Trinajstić information content (AvgIpc) is 3.06. The second kappa shape index (κ2) is 9.87. The van der Waals surface area contributed by atoms with Crippen molar-refractivity contribution in [2.75, 3.05) is 5.32 Å². The number of aromatic nitrogens is 3. The van der Waals surface area contributed by atoms with Gasteiger partial charge in [-0.3, -0.25) is 9.36 Å². The third-order valence-corrected chi connectivity index (χ3v) is 6.45. The summed E-state index contributed by atoms with van der Waals surface area (Å²) in [6, 6.07) is 17.8. The maximum atomic E-state index is 12.7. The first kappa shape index (κ1) is 23.8. The molecule has 1 heterocycles. The summed E-state index contributed by atoms with van der Waals surface area (Å²) in [6.45, 7) is 1.87. The van der Waals surface area contributed by atoms with Gasteiger partial charge >= 0.3 is 0 Å². The summed E-state index contributed by atoms with van der Waals surface area (Å²) in [7, 11) is 0. The summed E-state index contributed by atoms with van der Waals surface area (Å²) in [5.74, 6) is 0.168. The molecule has 3 aromatic carbocycles. The number of amides is 1. The fourth-order valence-corrected chi connectivity index (χ4v) is 4.35. The Balaban J connectivity index is 1.75. The third-order valence-electron chi connectivity index (χ3n) is 4.77. The molecule has 0 spiro atoms. The number of hydrogen-bond acceptors (Lipinski definition) is 3. The number of halogens is 4. The fourth-order valence-electron chi connectivity index (χ4n) is 3.27. The van der Waals surface area contributed by atoms with Crippen LogP contribution in [0.25, 0.3) is 17.1 Å². The first-order valence-corrected chi connectivity index (χ1v) is 11.6. The topological polar surface area (TPSA) is 51.9 Å². The Morgan fingerprint density at radius 2 is 1.76 bits per heavy atom. The van der Waals surface area contributed by atoms with E-state index in [4.69, 9.17) is 58.6 Å². The maximum Gasteiger partial charge on any atom is 0.246 e. The highest BCUT2D eigenvalue weighted by Gasteiger charge is 2.19. The van der Waals surface area contributed by atoms with Gasteiger partial charge in [0.15, 0.2) is 5.82 Å². The van der Waals surface area contributed by atoms with Crippen molar-refractivity contribution in [2.45, 2.75) is 13.5 Å². The fraction of sp³-hybridized carbons (Fsp3) is 0.0870. The van der Waals surface area contributed by atoms with E-state index in [-0.39, 0.29) is 12.5 Å². The Bertz CT molecular complexity index is 1430. The predicted octanol–water partition coefficient (Wildman–Crippen LogP) is 7.63. The van der Waals surface area contributed by atoms with Gasteiger partial charge < -0.3 is 5.32 Å². The van der Waals surface area contributed by atoms with Gasteiger partial charge in [0.1, 0.15) is 6.54 Å². The molecular weight excluding hydrogens is 522 g/mol. The number of aryl methyl sites for hydroxylation is 1. The second-order valence-corrected chi connectivity index (χ2v) is 9.26. The van der Waals surface area contributed by atoms with Crippen LogP contribution >= 0.6 is 58.6 Å².